The summed E-state index contributed by atoms with van der Waals surface area (Å²) in [5.74, 6) is -0.917. The predicted molar refractivity (Wildman–Crippen MR) is 115 cm³/mol. The molecule has 0 bridgehead atoms. The fourth-order valence-electron chi connectivity index (χ4n) is 2.99. The summed E-state index contributed by atoms with van der Waals surface area (Å²) in [7, 11) is 0. The van der Waals surface area contributed by atoms with E-state index < -0.39 is 5.97 Å². The minimum Gasteiger partial charge on any atom is -0.478 e. The highest BCUT2D eigenvalue weighted by molar-refractivity contribution is 6.30. The van der Waals surface area contributed by atoms with Crippen LogP contribution in [0.25, 0.3) is 11.1 Å². The Morgan fingerprint density at radius 2 is 1.61 bits per heavy atom. The molecule has 0 aliphatic carbocycles. The summed E-state index contributed by atoms with van der Waals surface area (Å²) >= 11 is 6.00. The first kappa shape index (κ1) is 19.9. The Balaban J connectivity index is 1.47. The second-order valence-electron chi connectivity index (χ2n) is 6.52. The van der Waals surface area contributed by atoms with Crippen molar-refractivity contribution in [3.05, 3.63) is 88.9 Å². The molecule has 144 valence electrons. The van der Waals surface area contributed by atoms with Crippen molar-refractivity contribution in [3.8, 4) is 11.1 Å². The van der Waals surface area contributed by atoms with Gasteiger partial charge in [0.25, 0.3) is 0 Å². The number of hydrogen-bond acceptors (Lipinski definition) is 3. The molecule has 0 spiro atoms. The average molecular weight is 395 g/mol. The van der Waals surface area contributed by atoms with Crippen LogP contribution in [-0.4, -0.2) is 30.7 Å². The number of carboxylic acid groups (broad SMARTS) is 1. The van der Waals surface area contributed by atoms with Crippen molar-refractivity contribution in [2.75, 3.05) is 25.0 Å². The van der Waals surface area contributed by atoms with Gasteiger partial charge in [-0.3, -0.25) is 0 Å². The van der Waals surface area contributed by atoms with Crippen molar-refractivity contribution in [1.29, 1.82) is 0 Å². The number of hydrogen-bond donors (Lipinski definition) is 3. The molecule has 0 unspecified atom stereocenters. The van der Waals surface area contributed by atoms with Gasteiger partial charge in [0.1, 0.15) is 0 Å². The van der Waals surface area contributed by atoms with Gasteiger partial charge in [-0.25, -0.2) is 4.79 Å². The highest BCUT2D eigenvalue weighted by Gasteiger charge is 2.05. The molecule has 3 aromatic carbocycles. The van der Waals surface area contributed by atoms with E-state index in [1.165, 1.54) is 5.56 Å². The highest BCUT2D eigenvalue weighted by Crippen LogP contribution is 2.23. The van der Waals surface area contributed by atoms with E-state index in [0.29, 0.717) is 5.56 Å². The van der Waals surface area contributed by atoms with Gasteiger partial charge in [0.05, 0.1) is 5.56 Å². The Hall–Kier alpha value is -2.82. The second-order valence-corrected chi connectivity index (χ2v) is 6.96. The quantitative estimate of drug-likeness (QED) is 0.449. The van der Waals surface area contributed by atoms with E-state index in [0.717, 1.165) is 47.9 Å². The standard InChI is InChI=1S/C23H23ClN2O2/c24-21-8-1-4-17(14-21)10-11-25-12-13-26-22-9-3-6-19(16-22)18-5-2-7-20(15-18)23(27)28/h1-9,14-16,25-26H,10-13H2,(H,27,28). The zero-order valence-electron chi connectivity index (χ0n) is 15.5. The largest absolute Gasteiger partial charge is 0.478 e. The summed E-state index contributed by atoms with van der Waals surface area (Å²) in [5, 5.41) is 16.7. The van der Waals surface area contributed by atoms with E-state index >= 15 is 0 Å². The van der Waals surface area contributed by atoms with Gasteiger partial charge in [0.2, 0.25) is 0 Å². The zero-order valence-corrected chi connectivity index (χ0v) is 16.2. The van der Waals surface area contributed by atoms with Crippen molar-refractivity contribution in [2.45, 2.75) is 6.42 Å². The molecule has 3 aromatic rings. The third kappa shape index (κ3) is 5.84. The lowest BCUT2D eigenvalue weighted by molar-refractivity contribution is 0.0697. The molecule has 0 aromatic heterocycles. The number of halogens is 1. The van der Waals surface area contributed by atoms with Crippen LogP contribution < -0.4 is 10.6 Å². The van der Waals surface area contributed by atoms with Crippen LogP contribution in [0.2, 0.25) is 5.02 Å². The van der Waals surface area contributed by atoms with Crippen molar-refractivity contribution < 1.29 is 9.90 Å². The molecular formula is C23H23ClN2O2. The molecule has 3 rings (SSSR count). The number of anilines is 1. The molecule has 5 heteroatoms. The van der Waals surface area contributed by atoms with Crippen molar-refractivity contribution in [3.63, 3.8) is 0 Å². The molecule has 0 fully saturated rings. The van der Waals surface area contributed by atoms with E-state index in [4.69, 9.17) is 16.7 Å². The summed E-state index contributed by atoms with van der Waals surface area (Å²) in [5.41, 5.74) is 4.41. The van der Waals surface area contributed by atoms with Gasteiger partial charge in [-0.05, 0) is 66.1 Å². The van der Waals surface area contributed by atoms with E-state index in [9.17, 15) is 4.79 Å². The van der Waals surface area contributed by atoms with E-state index in [2.05, 4.69) is 16.7 Å². The maximum Gasteiger partial charge on any atom is 0.335 e. The Morgan fingerprint density at radius 1 is 0.857 bits per heavy atom. The molecule has 0 amide bonds. The van der Waals surface area contributed by atoms with Gasteiger partial charge in [0.15, 0.2) is 0 Å². The predicted octanol–water partition coefficient (Wildman–Crippen LogP) is 4.95. The molecule has 0 saturated carbocycles. The van der Waals surface area contributed by atoms with Crippen molar-refractivity contribution >= 4 is 23.3 Å². The Kier molecular flexibility index (Phi) is 7.06. The van der Waals surface area contributed by atoms with Gasteiger partial charge in [0, 0.05) is 23.8 Å². The first-order valence-electron chi connectivity index (χ1n) is 9.25. The van der Waals surface area contributed by atoms with E-state index in [-0.39, 0.29) is 0 Å². The maximum atomic E-state index is 11.2. The molecule has 3 N–H and O–H groups in total. The monoisotopic (exact) mass is 394 g/mol. The maximum absolute atomic E-state index is 11.2. The molecule has 0 heterocycles. The lowest BCUT2D eigenvalue weighted by Gasteiger charge is -2.10. The second kappa shape index (κ2) is 9.93. The average Bonchev–Trinajstić information content (AvgIpc) is 2.71. The third-order valence-corrected chi connectivity index (χ3v) is 4.65. The van der Waals surface area contributed by atoms with Crippen LogP contribution in [0.5, 0.6) is 0 Å². The summed E-state index contributed by atoms with van der Waals surface area (Å²) in [6, 6.07) is 22.9. The molecule has 4 nitrogen and oxygen atoms in total. The van der Waals surface area contributed by atoms with Crippen LogP contribution in [0, 0.1) is 0 Å². The Morgan fingerprint density at radius 3 is 2.39 bits per heavy atom. The van der Waals surface area contributed by atoms with Crippen molar-refractivity contribution in [1.82, 2.24) is 5.32 Å². The van der Waals surface area contributed by atoms with Crippen LogP contribution in [0.1, 0.15) is 15.9 Å². The Labute approximate surface area is 170 Å². The number of carbonyl (C=O) groups is 1. The van der Waals surface area contributed by atoms with E-state index in [1.807, 2.05) is 48.5 Å². The topological polar surface area (TPSA) is 61.4 Å². The van der Waals surface area contributed by atoms with Crippen LogP contribution >= 0.6 is 11.6 Å². The van der Waals surface area contributed by atoms with E-state index in [1.54, 1.807) is 18.2 Å². The minimum atomic E-state index is -0.917. The first-order chi connectivity index (χ1) is 13.6. The molecule has 0 aliphatic rings. The fourth-order valence-corrected chi connectivity index (χ4v) is 3.20. The smallest absolute Gasteiger partial charge is 0.335 e. The SMILES string of the molecule is O=C(O)c1cccc(-c2cccc(NCCNCCc3cccc(Cl)c3)c2)c1. The van der Waals surface area contributed by atoms with Crippen LogP contribution in [0.3, 0.4) is 0 Å². The zero-order chi connectivity index (χ0) is 19.8. The number of benzene rings is 3. The van der Waals surface area contributed by atoms with Gasteiger partial charge >= 0.3 is 5.97 Å². The first-order valence-corrected chi connectivity index (χ1v) is 9.62. The summed E-state index contributed by atoms with van der Waals surface area (Å²) in [6.45, 7) is 2.54. The number of aromatic carboxylic acids is 1. The van der Waals surface area contributed by atoms with Crippen LogP contribution in [0.15, 0.2) is 72.8 Å². The van der Waals surface area contributed by atoms with Gasteiger partial charge < -0.3 is 15.7 Å². The summed E-state index contributed by atoms with van der Waals surface area (Å²) < 4.78 is 0. The third-order valence-electron chi connectivity index (χ3n) is 4.42. The molecule has 0 atom stereocenters. The minimum absolute atomic E-state index is 0.291. The van der Waals surface area contributed by atoms with Gasteiger partial charge in [-0.2, -0.15) is 0 Å². The molecular weight excluding hydrogens is 372 g/mol. The molecule has 0 aliphatic heterocycles. The van der Waals surface area contributed by atoms with Crippen LogP contribution in [0.4, 0.5) is 5.69 Å². The molecule has 0 saturated heterocycles. The van der Waals surface area contributed by atoms with Gasteiger partial charge in [-0.15, -0.1) is 0 Å². The fraction of sp³-hybridized carbons (Fsp3) is 0.174. The lowest BCUT2D eigenvalue weighted by atomic mass is 10.0. The van der Waals surface area contributed by atoms with Crippen molar-refractivity contribution in [2.24, 2.45) is 0 Å². The lowest BCUT2D eigenvalue weighted by Crippen LogP contribution is -2.24. The highest BCUT2D eigenvalue weighted by atomic mass is 35.5. The Bertz CT molecular complexity index is 943. The summed E-state index contributed by atoms with van der Waals surface area (Å²) in [4.78, 5) is 11.2. The molecule has 28 heavy (non-hydrogen) atoms. The van der Waals surface area contributed by atoms with Crippen LogP contribution in [-0.2, 0) is 6.42 Å². The summed E-state index contributed by atoms with van der Waals surface area (Å²) in [6.07, 6.45) is 0.940. The van der Waals surface area contributed by atoms with Gasteiger partial charge in [-0.1, -0.05) is 48.0 Å². The number of rotatable bonds is 9. The molecule has 0 radical (unpaired) electrons. The number of nitrogens with one attached hydrogen (secondary N) is 2. The number of carboxylic acids is 1. The normalized spacial score (nSPS) is 10.6.